The Hall–Kier alpha value is -1.97. The second-order valence-electron chi connectivity index (χ2n) is 6.62. The summed E-state index contributed by atoms with van der Waals surface area (Å²) in [5.41, 5.74) is 0.0178. The van der Waals surface area contributed by atoms with Crippen LogP contribution in [-0.2, 0) is 9.59 Å². The first-order chi connectivity index (χ1) is 13.0. The van der Waals surface area contributed by atoms with Crippen LogP contribution in [-0.4, -0.2) is 39.8 Å². The zero-order valence-corrected chi connectivity index (χ0v) is 16.7. The van der Waals surface area contributed by atoms with Gasteiger partial charge in [-0.2, -0.15) is 0 Å². The Morgan fingerprint density at radius 1 is 1.33 bits per heavy atom. The van der Waals surface area contributed by atoms with Crippen molar-refractivity contribution in [2.24, 2.45) is 0 Å². The molecule has 142 valence electrons. The van der Waals surface area contributed by atoms with Gasteiger partial charge in [-0.3, -0.25) is 14.5 Å². The van der Waals surface area contributed by atoms with E-state index in [1.165, 1.54) is 22.7 Å². The van der Waals surface area contributed by atoms with Crippen LogP contribution in [0.5, 0.6) is 0 Å². The molecule has 4 rings (SSSR count). The molecule has 2 aliphatic rings. The van der Waals surface area contributed by atoms with E-state index in [1.54, 1.807) is 6.07 Å². The summed E-state index contributed by atoms with van der Waals surface area (Å²) in [6, 6.07) is 3.28. The quantitative estimate of drug-likeness (QED) is 0.715. The van der Waals surface area contributed by atoms with Crippen molar-refractivity contribution in [1.29, 1.82) is 0 Å². The van der Waals surface area contributed by atoms with Gasteiger partial charge in [-0.25, -0.2) is 9.78 Å². The van der Waals surface area contributed by atoms with E-state index in [9.17, 15) is 14.4 Å². The number of thiophene rings is 1. The molecule has 2 aromatic rings. The third-order valence-corrected chi connectivity index (χ3v) is 6.85. The lowest BCUT2D eigenvalue weighted by Crippen LogP contribution is -2.44. The Balaban J connectivity index is 1.33. The number of thiazole rings is 1. The lowest BCUT2D eigenvalue weighted by atomic mass is 9.98. The van der Waals surface area contributed by atoms with Crippen LogP contribution < -0.4 is 10.6 Å². The van der Waals surface area contributed by atoms with Crippen LogP contribution in [0.15, 0.2) is 17.5 Å². The highest BCUT2D eigenvalue weighted by molar-refractivity contribution is 7.20. The van der Waals surface area contributed by atoms with E-state index >= 15 is 0 Å². The molecule has 0 radical (unpaired) electrons. The summed E-state index contributed by atoms with van der Waals surface area (Å²) >= 11 is 8.67. The van der Waals surface area contributed by atoms with E-state index in [0.29, 0.717) is 22.3 Å². The summed E-state index contributed by atoms with van der Waals surface area (Å²) in [5.74, 6) is -0.489. The summed E-state index contributed by atoms with van der Waals surface area (Å²) in [4.78, 5) is 43.4. The first-order valence-electron chi connectivity index (χ1n) is 8.62. The Morgan fingerprint density at radius 2 is 2.11 bits per heavy atom. The van der Waals surface area contributed by atoms with Crippen LogP contribution in [0.1, 0.15) is 32.1 Å². The monoisotopic (exact) mass is 424 g/mol. The van der Waals surface area contributed by atoms with Gasteiger partial charge in [0.2, 0.25) is 5.91 Å². The van der Waals surface area contributed by atoms with E-state index in [0.717, 1.165) is 28.3 Å². The van der Waals surface area contributed by atoms with Gasteiger partial charge in [0.25, 0.3) is 5.91 Å². The molecule has 2 N–H and O–H groups in total. The molecule has 1 aliphatic heterocycles. The molecule has 1 aliphatic carbocycles. The van der Waals surface area contributed by atoms with Crippen LogP contribution in [0.25, 0.3) is 10.6 Å². The van der Waals surface area contributed by atoms with Crippen LogP contribution in [0.4, 0.5) is 9.93 Å². The summed E-state index contributed by atoms with van der Waals surface area (Å²) in [5, 5.41) is 7.86. The maximum absolute atomic E-state index is 12.6. The molecule has 27 heavy (non-hydrogen) atoms. The number of rotatable bonds is 5. The minimum Gasteiger partial charge on any atom is -0.323 e. The third kappa shape index (κ3) is 3.59. The zero-order valence-electron chi connectivity index (χ0n) is 14.3. The fraction of sp³-hybridized carbons (Fsp3) is 0.412. The van der Waals surface area contributed by atoms with Crippen LogP contribution in [0, 0.1) is 0 Å². The summed E-state index contributed by atoms with van der Waals surface area (Å²) < 4.78 is 0.678. The summed E-state index contributed by atoms with van der Waals surface area (Å²) in [6.45, 7) is 0.0665. The molecule has 7 nitrogen and oxygen atoms in total. The van der Waals surface area contributed by atoms with Gasteiger partial charge in [0.1, 0.15) is 5.54 Å². The lowest BCUT2D eigenvalue weighted by Gasteiger charge is -2.19. The Labute approximate surface area is 168 Å². The minimum atomic E-state index is -0.736. The number of halogens is 1. The normalized spacial score (nSPS) is 18.3. The van der Waals surface area contributed by atoms with Crippen molar-refractivity contribution in [2.75, 3.05) is 11.9 Å². The number of imide groups is 1. The number of hydrogen-bond acceptors (Lipinski definition) is 6. The molecule has 0 aromatic carbocycles. The van der Waals surface area contributed by atoms with E-state index in [-0.39, 0.29) is 24.8 Å². The number of nitrogens with one attached hydrogen (secondary N) is 2. The molecule has 0 unspecified atom stereocenters. The predicted octanol–water partition coefficient (Wildman–Crippen LogP) is 3.72. The van der Waals surface area contributed by atoms with Crippen molar-refractivity contribution >= 4 is 57.3 Å². The number of hydrogen-bond donors (Lipinski definition) is 2. The second kappa shape index (κ2) is 7.21. The van der Waals surface area contributed by atoms with Crippen LogP contribution in [0.3, 0.4) is 0 Å². The second-order valence-corrected chi connectivity index (χ2v) is 9.19. The number of urea groups is 1. The summed E-state index contributed by atoms with van der Waals surface area (Å²) in [6.07, 6.45) is 3.25. The van der Waals surface area contributed by atoms with Crippen LogP contribution >= 0.6 is 34.3 Å². The van der Waals surface area contributed by atoms with E-state index < -0.39 is 11.6 Å². The van der Waals surface area contributed by atoms with E-state index in [2.05, 4.69) is 15.6 Å². The van der Waals surface area contributed by atoms with Crippen molar-refractivity contribution in [3.63, 3.8) is 0 Å². The molecular weight excluding hydrogens is 408 g/mol. The van der Waals surface area contributed by atoms with Crippen molar-refractivity contribution < 1.29 is 14.4 Å². The number of carbonyl (C=O) groups excluding carboxylic acids is 3. The van der Waals surface area contributed by atoms with Gasteiger partial charge in [0.05, 0.1) is 14.9 Å². The standard InChI is InChI=1S/C17H17ClN4O3S2/c18-12-4-3-11(27-12)10-9-26-15(19-10)20-13(23)5-8-22-14(24)17(21-16(22)25)6-1-2-7-17/h3-4,9H,1-2,5-8H2,(H,21,25)(H,19,20,23). The molecule has 4 amide bonds. The number of anilines is 1. The van der Waals surface area contributed by atoms with Crippen LogP contribution in [0.2, 0.25) is 4.34 Å². The van der Waals surface area contributed by atoms with Gasteiger partial charge in [0, 0.05) is 18.3 Å². The van der Waals surface area contributed by atoms with Gasteiger partial charge in [-0.15, -0.1) is 22.7 Å². The topological polar surface area (TPSA) is 91.4 Å². The zero-order chi connectivity index (χ0) is 19.0. The average molecular weight is 425 g/mol. The van der Waals surface area contributed by atoms with Gasteiger partial charge in [0.15, 0.2) is 5.13 Å². The number of carbonyl (C=O) groups is 3. The minimum absolute atomic E-state index is 0.0367. The smallest absolute Gasteiger partial charge is 0.323 e. The summed E-state index contributed by atoms with van der Waals surface area (Å²) in [7, 11) is 0. The number of nitrogens with zero attached hydrogens (tertiary/aromatic N) is 2. The molecule has 1 saturated carbocycles. The molecule has 0 atom stereocenters. The number of aromatic nitrogens is 1. The maximum atomic E-state index is 12.6. The predicted molar refractivity (Wildman–Crippen MR) is 105 cm³/mol. The molecule has 3 heterocycles. The Bertz CT molecular complexity index is 904. The Morgan fingerprint density at radius 3 is 2.81 bits per heavy atom. The molecule has 1 saturated heterocycles. The largest absolute Gasteiger partial charge is 0.325 e. The van der Waals surface area contributed by atoms with Gasteiger partial charge < -0.3 is 10.6 Å². The Kier molecular flexibility index (Phi) is 4.92. The number of amides is 4. The highest BCUT2D eigenvalue weighted by Gasteiger charge is 2.52. The maximum Gasteiger partial charge on any atom is 0.325 e. The lowest BCUT2D eigenvalue weighted by molar-refractivity contribution is -0.131. The van der Waals surface area contributed by atoms with E-state index in [1.807, 2.05) is 11.4 Å². The first-order valence-corrected chi connectivity index (χ1v) is 10.7. The highest BCUT2D eigenvalue weighted by Crippen LogP contribution is 2.35. The van der Waals surface area contributed by atoms with Crippen molar-refractivity contribution in [1.82, 2.24) is 15.2 Å². The van der Waals surface area contributed by atoms with E-state index in [4.69, 9.17) is 11.6 Å². The van der Waals surface area contributed by atoms with Crippen molar-refractivity contribution in [2.45, 2.75) is 37.6 Å². The van der Waals surface area contributed by atoms with Crippen molar-refractivity contribution in [3.8, 4) is 10.6 Å². The molecule has 2 aromatic heterocycles. The van der Waals surface area contributed by atoms with Gasteiger partial charge >= 0.3 is 6.03 Å². The fourth-order valence-electron chi connectivity index (χ4n) is 3.49. The molecule has 1 spiro atoms. The molecular formula is C17H17ClN4O3S2. The average Bonchev–Trinajstić information content (AvgIpc) is 3.38. The highest BCUT2D eigenvalue weighted by atomic mass is 35.5. The fourth-order valence-corrected chi connectivity index (χ4v) is 5.29. The molecule has 0 bridgehead atoms. The van der Waals surface area contributed by atoms with Crippen molar-refractivity contribution in [3.05, 3.63) is 21.8 Å². The molecule has 10 heteroatoms. The molecule has 2 fully saturated rings. The third-order valence-electron chi connectivity index (χ3n) is 4.84. The first kappa shape index (κ1) is 18.4. The van der Waals surface area contributed by atoms with Gasteiger partial charge in [-0.1, -0.05) is 24.4 Å². The SMILES string of the molecule is O=C(CCN1C(=O)NC2(CCCC2)C1=O)Nc1nc(-c2ccc(Cl)s2)cs1. The van der Waals surface area contributed by atoms with Gasteiger partial charge in [-0.05, 0) is 25.0 Å².